The van der Waals surface area contributed by atoms with E-state index < -0.39 is 11.4 Å². The van der Waals surface area contributed by atoms with Crippen LogP contribution in [0.2, 0.25) is 0 Å². The number of benzene rings is 1. The number of aliphatic hydroxyl groups is 1. The van der Waals surface area contributed by atoms with Gasteiger partial charge in [0, 0.05) is 11.8 Å². The lowest BCUT2D eigenvalue weighted by atomic mass is 9.88. The Morgan fingerprint density at radius 3 is 2.89 bits per heavy atom. The highest BCUT2D eigenvalue weighted by atomic mass is 19.1. The van der Waals surface area contributed by atoms with Crippen LogP contribution in [0.4, 0.5) is 4.39 Å². The van der Waals surface area contributed by atoms with Crippen LogP contribution in [0.5, 0.6) is 5.75 Å². The van der Waals surface area contributed by atoms with Crippen LogP contribution in [0.15, 0.2) is 36.7 Å². The smallest absolute Gasteiger partial charge is 0.147 e. The molecule has 0 amide bonds. The molecule has 1 unspecified atom stereocenters. The third kappa shape index (κ3) is 1.79. The molecular formula is C15H14FNO2. The standard InChI is InChI=1S/C15H14FNO2/c1-19-11-3-2-10-4-6-15(18,13(10)8-11)12-5-7-17-9-14(12)16/h2-3,5,7-9,18H,4,6H2,1H3. The molecule has 0 saturated carbocycles. The summed E-state index contributed by atoms with van der Waals surface area (Å²) in [6.07, 6.45) is 3.81. The molecule has 1 aliphatic carbocycles. The fourth-order valence-electron chi connectivity index (χ4n) is 2.73. The van der Waals surface area contributed by atoms with Crippen LogP contribution >= 0.6 is 0 Å². The fourth-order valence-corrected chi connectivity index (χ4v) is 2.73. The van der Waals surface area contributed by atoms with Gasteiger partial charge in [-0.25, -0.2) is 4.39 Å². The van der Waals surface area contributed by atoms with Crippen molar-refractivity contribution in [2.75, 3.05) is 7.11 Å². The van der Waals surface area contributed by atoms with Gasteiger partial charge in [0.15, 0.2) is 0 Å². The Morgan fingerprint density at radius 2 is 2.16 bits per heavy atom. The van der Waals surface area contributed by atoms with E-state index in [2.05, 4.69) is 4.98 Å². The van der Waals surface area contributed by atoms with Crippen molar-refractivity contribution in [2.24, 2.45) is 0 Å². The number of nitrogens with zero attached hydrogens (tertiary/aromatic N) is 1. The van der Waals surface area contributed by atoms with Gasteiger partial charge in [-0.2, -0.15) is 0 Å². The molecule has 98 valence electrons. The van der Waals surface area contributed by atoms with Crippen molar-refractivity contribution < 1.29 is 14.2 Å². The van der Waals surface area contributed by atoms with E-state index in [1.54, 1.807) is 13.2 Å². The molecule has 1 N–H and O–H groups in total. The van der Waals surface area contributed by atoms with Gasteiger partial charge in [-0.15, -0.1) is 0 Å². The third-order valence-corrected chi connectivity index (χ3v) is 3.74. The Kier molecular flexibility index (Phi) is 2.75. The van der Waals surface area contributed by atoms with Gasteiger partial charge in [0.1, 0.15) is 17.2 Å². The number of ether oxygens (including phenoxy) is 1. The maximum Gasteiger partial charge on any atom is 0.147 e. The van der Waals surface area contributed by atoms with Gasteiger partial charge in [0.2, 0.25) is 0 Å². The Hall–Kier alpha value is -1.94. The number of hydrogen-bond acceptors (Lipinski definition) is 3. The third-order valence-electron chi connectivity index (χ3n) is 3.74. The van der Waals surface area contributed by atoms with Crippen molar-refractivity contribution >= 4 is 0 Å². The first-order chi connectivity index (χ1) is 9.15. The van der Waals surface area contributed by atoms with Gasteiger partial charge in [0.05, 0.1) is 13.3 Å². The van der Waals surface area contributed by atoms with Crippen LogP contribution in [0.3, 0.4) is 0 Å². The Bertz CT molecular complexity index is 629. The summed E-state index contributed by atoms with van der Waals surface area (Å²) in [7, 11) is 1.57. The van der Waals surface area contributed by atoms with E-state index in [4.69, 9.17) is 4.74 Å². The van der Waals surface area contributed by atoms with Crippen LogP contribution < -0.4 is 4.74 Å². The molecule has 1 aromatic heterocycles. The molecule has 0 saturated heterocycles. The zero-order valence-electron chi connectivity index (χ0n) is 10.6. The number of pyridine rings is 1. The van der Waals surface area contributed by atoms with Crippen LogP contribution in [-0.4, -0.2) is 17.2 Å². The SMILES string of the molecule is COc1ccc2c(c1)C(O)(c1ccncc1F)CC2. The zero-order valence-corrected chi connectivity index (χ0v) is 10.6. The van der Waals surface area contributed by atoms with Crippen molar-refractivity contribution in [1.29, 1.82) is 0 Å². The molecule has 4 heteroatoms. The van der Waals surface area contributed by atoms with Gasteiger partial charge in [-0.05, 0) is 42.2 Å². The van der Waals surface area contributed by atoms with Crippen LogP contribution in [0.1, 0.15) is 23.1 Å². The highest BCUT2D eigenvalue weighted by molar-refractivity contribution is 5.48. The second kappa shape index (κ2) is 4.31. The average molecular weight is 259 g/mol. The molecule has 0 aliphatic heterocycles. The predicted molar refractivity (Wildman–Crippen MR) is 68.5 cm³/mol. The van der Waals surface area contributed by atoms with E-state index in [9.17, 15) is 9.50 Å². The van der Waals surface area contributed by atoms with E-state index in [1.165, 1.54) is 12.3 Å². The second-order valence-corrected chi connectivity index (χ2v) is 4.74. The van der Waals surface area contributed by atoms with Gasteiger partial charge in [-0.1, -0.05) is 6.07 Å². The fraction of sp³-hybridized carbons (Fsp3) is 0.267. The topological polar surface area (TPSA) is 42.4 Å². The molecule has 0 bridgehead atoms. The summed E-state index contributed by atoms with van der Waals surface area (Å²) in [6, 6.07) is 7.09. The highest BCUT2D eigenvalue weighted by Crippen LogP contribution is 2.43. The number of rotatable bonds is 2. The highest BCUT2D eigenvalue weighted by Gasteiger charge is 2.40. The number of aromatic nitrogens is 1. The van der Waals surface area contributed by atoms with Crippen molar-refractivity contribution in [3.63, 3.8) is 0 Å². The van der Waals surface area contributed by atoms with Crippen LogP contribution in [0, 0.1) is 5.82 Å². The molecule has 19 heavy (non-hydrogen) atoms. The quantitative estimate of drug-likeness (QED) is 0.900. The molecule has 1 aliphatic rings. The average Bonchev–Trinajstić information content (AvgIpc) is 2.77. The molecule has 0 fully saturated rings. The van der Waals surface area contributed by atoms with Crippen LogP contribution in [0.25, 0.3) is 0 Å². The van der Waals surface area contributed by atoms with E-state index in [0.29, 0.717) is 12.2 Å². The number of fused-ring (bicyclic) bond motifs is 1. The van der Waals surface area contributed by atoms with Crippen molar-refractivity contribution in [1.82, 2.24) is 4.98 Å². The van der Waals surface area contributed by atoms with E-state index in [-0.39, 0.29) is 5.56 Å². The van der Waals surface area contributed by atoms with E-state index >= 15 is 0 Å². The normalized spacial score (nSPS) is 21.2. The van der Waals surface area contributed by atoms with Crippen molar-refractivity contribution in [2.45, 2.75) is 18.4 Å². The minimum atomic E-state index is -1.29. The van der Waals surface area contributed by atoms with E-state index in [0.717, 1.165) is 23.7 Å². The summed E-state index contributed by atoms with van der Waals surface area (Å²) in [5.74, 6) is 0.175. The van der Waals surface area contributed by atoms with Gasteiger partial charge in [0.25, 0.3) is 0 Å². The molecule has 1 heterocycles. The summed E-state index contributed by atoms with van der Waals surface area (Å²) < 4.78 is 19.1. The Labute approximate surface area is 110 Å². The first-order valence-electron chi connectivity index (χ1n) is 6.15. The number of aryl methyl sites for hydroxylation is 1. The summed E-state index contributed by atoms with van der Waals surface area (Å²) in [5.41, 5.74) is 0.725. The summed E-state index contributed by atoms with van der Waals surface area (Å²) in [5, 5.41) is 10.9. The molecule has 0 spiro atoms. The van der Waals surface area contributed by atoms with E-state index in [1.807, 2.05) is 12.1 Å². The maximum atomic E-state index is 13.9. The number of methoxy groups -OCH3 is 1. The molecule has 2 aromatic rings. The molecular weight excluding hydrogens is 245 g/mol. The zero-order chi connectivity index (χ0) is 13.5. The van der Waals surface area contributed by atoms with Gasteiger partial charge >= 0.3 is 0 Å². The molecule has 1 aromatic carbocycles. The van der Waals surface area contributed by atoms with Crippen molar-refractivity contribution in [3.8, 4) is 5.75 Å². The minimum Gasteiger partial charge on any atom is -0.497 e. The lowest BCUT2D eigenvalue weighted by Crippen LogP contribution is -2.25. The van der Waals surface area contributed by atoms with Gasteiger partial charge < -0.3 is 9.84 Å². The molecule has 3 nitrogen and oxygen atoms in total. The molecule has 3 rings (SSSR count). The Morgan fingerprint density at radius 1 is 1.32 bits per heavy atom. The molecule has 0 radical (unpaired) electrons. The van der Waals surface area contributed by atoms with Gasteiger partial charge in [-0.3, -0.25) is 4.98 Å². The first kappa shape index (κ1) is 12.1. The predicted octanol–water partition coefficient (Wildman–Crippen LogP) is 2.41. The largest absolute Gasteiger partial charge is 0.497 e. The lowest BCUT2D eigenvalue weighted by Gasteiger charge is -2.25. The molecule has 1 atom stereocenters. The monoisotopic (exact) mass is 259 g/mol. The summed E-state index contributed by atoms with van der Waals surface area (Å²) in [4.78, 5) is 3.73. The van der Waals surface area contributed by atoms with Crippen LogP contribution in [-0.2, 0) is 12.0 Å². The summed E-state index contributed by atoms with van der Waals surface area (Å²) in [6.45, 7) is 0. The first-order valence-corrected chi connectivity index (χ1v) is 6.15. The lowest BCUT2D eigenvalue weighted by molar-refractivity contribution is 0.0785. The Balaban J connectivity index is 2.17. The number of halogens is 1. The minimum absolute atomic E-state index is 0.273. The number of hydrogen-bond donors (Lipinski definition) is 1. The maximum absolute atomic E-state index is 13.9. The summed E-state index contributed by atoms with van der Waals surface area (Å²) >= 11 is 0. The second-order valence-electron chi connectivity index (χ2n) is 4.74. The van der Waals surface area contributed by atoms with Crippen molar-refractivity contribution in [3.05, 3.63) is 59.2 Å².